The second kappa shape index (κ2) is 5.94. The Morgan fingerprint density at radius 3 is 2.40 bits per heavy atom. The van der Waals surface area contributed by atoms with E-state index in [1.807, 2.05) is 44.5 Å². The summed E-state index contributed by atoms with van der Waals surface area (Å²) in [5.74, 6) is 2.24. The first-order valence-corrected chi connectivity index (χ1v) is 8.57. The van der Waals surface area contributed by atoms with Crippen molar-refractivity contribution in [3.8, 4) is 0 Å². The maximum absolute atomic E-state index is 4.63. The van der Waals surface area contributed by atoms with Gasteiger partial charge in [-0.25, -0.2) is 14.2 Å². The Morgan fingerprint density at radius 1 is 0.880 bits per heavy atom. The summed E-state index contributed by atoms with van der Waals surface area (Å²) in [7, 11) is 1.91. The van der Waals surface area contributed by atoms with Gasteiger partial charge in [-0.1, -0.05) is 0 Å². The Morgan fingerprint density at radius 2 is 1.64 bits per heavy atom. The molecule has 0 radical (unpaired) electrons. The van der Waals surface area contributed by atoms with Gasteiger partial charge >= 0.3 is 0 Å². The summed E-state index contributed by atoms with van der Waals surface area (Å²) < 4.78 is 3.64. The molecule has 25 heavy (non-hydrogen) atoms. The van der Waals surface area contributed by atoms with Crippen LogP contribution in [0.3, 0.4) is 0 Å². The van der Waals surface area contributed by atoms with Gasteiger partial charge in [-0.15, -0.1) is 10.2 Å². The van der Waals surface area contributed by atoms with E-state index in [-0.39, 0.29) is 0 Å². The predicted molar refractivity (Wildman–Crippen MR) is 96.4 cm³/mol. The van der Waals surface area contributed by atoms with E-state index < -0.39 is 0 Å². The summed E-state index contributed by atoms with van der Waals surface area (Å²) in [6.07, 6.45) is 6.20. The fraction of sp³-hybridized carbons (Fsp3) is 0.471. The highest BCUT2D eigenvalue weighted by atomic mass is 15.4. The van der Waals surface area contributed by atoms with E-state index in [1.165, 1.54) is 12.8 Å². The third kappa shape index (κ3) is 2.77. The van der Waals surface area contributed by atoms with Crippen LogP contribution in [0.2, 0.25) is 0 Å². The minimum absolute atomic E-state index is 0.643. The number of rotatable bonds is 3. The summed E-state index contributed by atoms with van der Waals surface area (Å²) in [5.41, 5.74) is 3.64. The molecule has 0 spiro atoms. The number of fused-ring (bicyclic) bond motifs is 1. The average molecular weight is 338 g/mol. The zero-order valence-corrected chi connectivity index (χ0v) is 15.1. The molecule has 1 fully saturated rings. The Balaban J connectivity index is 1.65. The molecule has 0 unspecified atom stereocenters. The second-order valence-corrected chi connectivity index (χ2v) is 6.49. The van der Waals surface area contributed by atoms with Gasteiger partial charge in [-0.05, 0) is 45.8 Å². The van der Waals surface area contributed by atoms with Crippen LogP contribution in [0.5, 0.6) is 0 Å². The van der Waals surface area contributed by atoms with Crippen molar-refractivity contribution in [3.05, 3.63) is 28.7 Å². The second-order valence-electron chi connectivity index (χ2n) is 6.49. The van der Waals surface area contributed by atoms with Gasteiger partial charge in [0.25, 0.3) is 0 Å². The van der Waals surface area contributed by atoms with Gasteiger partial charge in [-0.2, -0.15) is 4.98 Å². The highest BCUT2D eigenvalue weighted by Crippen LogP contribution is 2.17. The number of aryl methyl sites for hydroxylation is 4. The molecule has 8 heteroatoms. The van der Waals surface area contributed by atoms with Gasteiger partial charge in [0.1, 0.15) is 0 Å². The lowest BCUT2D eigenvalue weighted by Crippen LogP contribution is -2.19. The van der Waals surface area contributed by atoms with Gasteiger partial charge in [0.2, 0.25) is 5.95 Å². The van der Waals surface area contributed by atoms with E-state index in [2.05, 4.69) is 30.0 Å². The van der Waals surface area contributed by atoms with Crippen LogP contribution in [0.15, 0.2) is 0 Å². The molecule has 4 rings (SSSR count). The molecule has 0 N–H and O–H groups in total. The number of aromatic nitrogens is 7. The molecule has 8 nitrogen and oxygen atoms in total. The number of nitrogens with zero attached hydrogens (tertiary/aromatic N) is 8. The van der Waals surface area contributed by atoms with Crippen molar-refractivity contribution in [3.63, 3.8) is 0 Å². The van der Waals surface area contributed by atoms with Gasteiger partial charge < -0.3 is 4.90 Å². The van der Waals surface area contributed by atoms with Crippen LogP contribution < -0.4 is 4.90 Å². The summed E-state index contributed by atoms with van der Waals surface area (Å²) in [6.45, 7) is 8.01. The standard InChI is InChI=1S/C17H22N8/c1-11-13(3)25-16(12(2)18-11)19-14(21-25)7-8-15-20-17(22-23(15)4)24-9-5-6-10-24/h7-8H,5-6,9-10H2,1-4H3. The third-order valence-corrected chi connectivity index (χ3v) is 4.68. The van der Waals surface area contributed by atoms with Crippen LogP contribution in [0.25, 0.3) is 17.8 Å². The van der Waals surface area contributed by atoms with Crippen molar-refractivity contribution < 1.29 is 0 Å². The number of hydrogen-bond donors (Lipinski definition) is 0. The first kappa shape index (κ1) is 15.7. The summed E-state index contributed by atoms with van der Waals surface area (Å²) in [6, 6.07) is 0. The Hall–Kier alpha value is -2.77. The smallest absolute Gasteiger partial charge is 0.245 e. The van der Waals surface area contributed by atoms with Crippen LogP contribution in [0, 0.1) is 20.8 Å². The van der Waals surface area contributed by atoms with Crippen molar-refractivity contribution in [2.45, 2.75) is 33.6 Å². The maximum Gasteiger partial charge on any atom is 0.245 e. The topological polar surface area (TPSA) is 77.0 Å². The van der Waals surface area contributed by atoms with Crippen molar-refractivity contribution in [2.24, 2.45) is 7.05 Å². The lowest BCUT2D eigenvalue weighted by atomic mass is 10.3. The van der Waals surface area contributed by atoms with Crippen LogP contribution >= 0.6 is 0 Å². The molecule has 1 saturated heterocycles. The molecule has 1 aliphatic heterocycles. The van der Waals surface area contributed by atoms with Crippen molar-refractivity contribution >= 4 is 23.7 Å². The summed E-state index contributed by atoms with van der Waals surface area (Å²) in [4.78, 5) is 15.9. The van der Waals surface area contributed by atoms with Crippen molar-refractivity contribution in [1.82, 2.24) is 34.3 Å². The maximum atomic E-state index is 4.63. The molecule has 3 aromatic rings. The summed E-state index contributed by atoms with van der Waals surface area (Å²) in [5, 5.41) is 9.09. The zero-order chi connectivity index (χ0) is 17.6. The van der Waals surface area contributed by atoms with Gasteiger partial charge in [0.05, 0.1) is 17.1 Å². The molecule has 0 atom stereocenters. The van der Waals surface area contributed by atoms with Crippen LogP contribution in [0.1, 0.15) is 41.6 Å². The molecular formula is C17H22N8. The average Bonchev–Trinajstić information content (AvgIpc) is 3.30. The Bertz CT molecular complexity index is 959. The molecule has 0 aromatic carbocycles. The molecule has 4 heterocycles. The van der Waals surface area contributed by atoms with Crippen molar-refractivity contribution in [2.75, 3.05) is 18.0 Å². The van der Waals surface area contributed by atoms with Crippen LogP contribution in [-0.2, 0) is 7.05 Å². The Labute approximate surface area is 146 Å². The number of hydrogen-bond acceptors (Lipinski definition) is 6. The zero-order valence-electron chi connectivity index (χ0n) is 15.1. The lowest BCUT2D eigenvalue weighted by molar-refractivity contribution is 0.747. The fourth-order valence-corrected chi connectivity index (χ4v) is 3.13. The van der Waals surface area contributed by atoms with Crippen LogP contribution in [-0.4, -0.2) is 47.4 Å². The third-order valence-electron chi connectivity index (χ3n) is 4.68. The molecule has 130 valence electrons. The normalized spacial score (nSPS) is 15.1. The summed E-state index contributed by atoms with van der Waals surface area (Å²) >= 11 is 0. The molecule has 0 amide bonds. The monoisotopic (exact) mass is 338 g/mol. The van der Waals surface area contributed by atoms with E-state index in [0.29, 0.717) is 5.82 Å². The first-order valence-electron chi connectivity index (χ1n) is 8.57. The SMILES string of the molecule is Cc1nc(C)c2nc(C=Cc3nc(N4CCCC4)nn3C)nn2c1C. The lowest BCUT2D eigenvalue weighted by Gasteiger charge is -2.10. The van der Waals surface area contributed by atoms with E-state index in [9.17, 15) is 0 Å². The molecular weight excluding hydrogens is 316 g/mol. The first-order chi connectivity index (χ1) is 12.0. The largest absolute Gasteiger partial charge is 0.340 e. The van der Waals surface area contributed by atoms with E-state index in [4.69, 9.17) is 0 Å². The minimum atomic E-state index is 0.643. The van der Waals surface area contributed by atoms with E-state index >= 15 is 0 Å². The molecule has 1 aliphatic rings. The molecule has 0 saturated carbocycles. The number of anilines is 1. The van der Waals surface area contributed by atoms with E-state index in [0.717, 1.165) is 47.6 Å². The van der Waals surface area contributed by atoms with Gasteiger partial charge in [0.15, 0.2) is 17.3 Å². The molecule has 0 aliphatic carbocycles. The van der Waals surface area contributed by atoms with Gasteiger partial charge in [0, 0.05) is 20.1 Å². The highest BCUT2D eigenvalue weighted by Gasteiger charge is 2.17. The molecule has 3 aromatic heterocycles. The van der Waals surface area contributed by atoms with Crippen LogP contribution in [0.4, 0.5) is 5.95 Å². The van der Waals surface area contributed by atoms with Gasteiger partial charge in [-0.3, -0.25) is 4.98 Å². The van der Waals surface area contributed by atoms with E-state index in [1.54, 1.807) is 4.68 Å². The predicted octanol–water partition coefficient (Wildman–Crippen LogP) is 1.95. The minimum Gasteiger partial charge on any atom is -0.340 e. The quantitative estimate of drug-likeness (QED) is 0.726. The highest BCUT2D eigenvalue weighted by molar-refractivity contribution is 5.65. The molecule has 0 bridgehead atoms. The fourth-order valence-electron chi connectivity index (χ4n) is 3.13. The Kier molecular flexibility index (Phi) is 3.74. The van der Waals surface area contributed by atoms with Crippen molar-refractivity contribution in [1.29, 1.82) is 0 Å².